The highest BCUT2D eigenvalue weighted by molar-refractivity contribution is 9.10. The molecule has 0 bridgehead atoms. The summed E-state index contributed by atoms with van der Waals surface area (Å²) >= 11 is 3.46. The van der Waals surface area contributed by atoms with Crippen LogP contribution in [0, 0.1) is 0 Å². The lowest BCUT2D eigenvalue weighted by atomic mass is 10.1. The molecule has 0 N–H and O–H groups in total. The van der Waals surface area contributed by atoms with Gasteiger partial charge in [-0.1, -0.05) is 28.1 Å². The number of carbonyl (C=O) groups excluding carboxylic acids is 1. The van der Waals surface area contributed by atoms with Crippen molar-refractivity contribution in [3.05, 3.63) is 40.9 Å². The maximum atomic E-state index is 12.3. The molecule has 1 aliphatic heterocycles. The van der Waals surface area contributed by atoms with Crippen LogP contribution in [-0.4, -0.2) is 42.7 Å². The van der Waals surface area contributed by atoms with Gasteiger partial charge in [0, 0.05) is 17.6 Å². The molecule has 0 radical (unpaired) electrons. The van der Waals surface area contributed by atoms with Crippen molar-refractivity contribution < 1.29 is 14.3 Å². The number of hydrogen-bond acceptors (Lipinski definition) is 3. The van der Waals surface area contributed by atoms with Crippen molar-refractivity contribution in [1.82, 2.24) is 4.90 Å². The quantitative estimate of drug-likeness (QED) is 0.819. The molecule has 1 fully saturated rings. The fraction of sp³-hybridized carbons (Fsp3) is 0.389. The summed E-state index contributed by atoms with van der Waals surface area (Å²) in [6.45, 7) is 5.27. The average molecular weight is 378 g/mol. The van der Waals surface area contributed by atoms with Gasteiger partial charge in [0.05, 0.1) is 12.2 Å². The molecular formula is C18H20BrNO3. The van der Waals surface area contributed by atoms with E-state index < -0.39 is 0 Å². The Morgan fingerprint density at radius 2 is 1.83 bits per heavy atom. The number of benzene rings is 2. The summed E-state index contributed by atoms with van der Waals surface area (Å²) < 4.78 is 12.4. The van der Waals surface area contributed by atoms with Gasteiger partial charge in [-0.25, -0.2) is 0 Å². The topological polar surface area (TPSA) is 38.8 Å². The molecule has 1 saturated heterocycles. The highest BCUT2D eigenvalue weighted by Crippen LogP contribution is 2.24. The molecule has 1 amide bonds. The molecule has 0 aromatic heterocycles. The number of halogens is 1. The number of nitrogens with zero attached hydrogens (tertiary/aromatic N) is 1. The molecule has 1 aliphatic rings. The average Bonchev–Trinajstić information content (AvgIpc) is 2.51. The molecule has 2 atom stereocenters. The van der Waals surface area contributed by atoms with E-state index >= 15 is 0 Å². The third-order valence-corrected chi connectivity index (χ3v) is 4.40. The monoisotopic (exact) mass is 377 g/mol. The zero-order valence-corrected chi connectivity index (χ0v) is 14.9. The van der Waals surface area contributed by atoms with E-state index in [9.17, 15) is 4.79 Å². The summed E-state index contributed by atoms with van der Waals surface area (Å²) in [5.74, 6) is 0.713. The van der Waals surface area contributed by atoms with Gasteiger partial charge in [-0.3, -0.25) is 4.79 Å². The van der Waals surface area contributed by atoms with Gasteiger partial charge in [-0.05, 0) is 48.9 Å². The summed E-state index contributed by atoms with van der Waals surface area (Å²) in [6.07, 6.45) is 0.142. The summed E-state index contributed by atoms with van der Waals surface area (Å²) in [6, 6.07) is 11.9. The molecule has 5 heteroatoms. The highest BCUT2D eigenvalue weighted by Gasteiger charge is 2.25. The zero-order valence-electron chi connectivity index (χ0n) is 13.3. The molecule has 122 valence electrons. The van der Waals surface area contributed by atoms with Crippen LogP contribution in [0.4, 0.5) is 0 Å². The molecule has 0 spiro atoms. The first-order valence-corrected chi connectivity index (χ1v) is 8.56. The van der Waals surface area contributed by atoms with Crippen molar-refractivity contribution in [3.63, 3.8) is 0 Å². The maximum absolute atomic E-state index is 12.3. The van der Waals surface area contributed by atoms with Crippen LogP contribution in [0.3, 0.4) is 0 Å². The lowest BCUT2D eigenvalue weighted by Gasteiger charge is -2.35. The Kier molecular flexibility index (Phi) is 4.87. The van der Waals surface area contributed by atoms with Crippen LogP contribution in [0.25, 0.3) is 10.8 Å². The third-order valence-electron chi connectivity index (χ3n) is 3.91. The number of carbonyl (C=O) groups is 1. The number of amides is 1. The minimum absolute atomic E-state index is 0.00269. The number of morpholine rings is 1. The Morgan fingerprint density at radius 3 is 2.57 bits per heavy atom. The lowest BCUT2D eigenvalue weighted by Crippen LogP contribution is -2.49. The second-order valence-electron chi connectivity index (χ2n) is 6.00. The lowest BCUT2D eigenvalue weighted by molar-refractivity contribution is -0.145. The van der Waals surface area contributed by atoms with Crippen LogP contribution in [0.2, 0.25) is 0 Å². The van der Waals surface area contributed by atoms with Crippen molar-refractivity contribution in [2.45, 2.75) is 26.1 Å². The van der Waals surface area contributed by atoms with Gasteiger partial charge in [0.1, 0.15) is 5.75 Å². The van der Waals surface area contributed by atoms with E-state index in [0.717, 1.165) is 15.2 Å². The van der Waals surface area contributed by atoms with Gasteiger partial charge in [-0.2, -0.15) is 0 Å². The van der Waals surface area contributed by atoms with Crippen molar-refractivity contribution in [2.75, 3.05) is 19.7 Å². The smallest absolute Gasteiger partial charge is 0.260 e. The van der Waals surface area contributed by atoms with Crippen LogP contribution in [0.15, 0.2) is 40.9 Å². The fourth-order valence-corrected chi connectivity index (χ4v) is 3.28. The van der Waals surface area contributed by atoms with E-state index in [1.165, 1.54) is 0 Å². The van der Waals surface area contributed by atoms with E-state index in [4.69, 9.17) is 9.47 Å². The van der Waals surface area contributed by atoms with Crippen molar-refractivity contribution in [1.29, 1.82) is 0 Å². The van der Waals surface area contributed by atoms with Gasteiger partial charge < -0.3 is 14.4 Å². The predicted octanol–water partition coefficient (Wildman–Crippen LogP) is 3.62. The molecule has 3 rings (SSSR count). The van der Waals surface area contributed by atoms with E-state index in [0.29, 0.717) is 18.8 Å². The Bertz CT molecular complexity index is 708. The summed E-state index contributed by atoms with van der Waals surface area (Å²) in [4.78, 5) is 14.1. The van der Waals surface area contributed by atoms with Crippen LogP contribution in [0.5, 0.6) is 5.75 Å². The number of hydrogen-bond donors (Lipinski definition) is 0. The van der Waals surface area contributed by atoms with Gasteiger partial charge >= 0.3 is 0 Å². The molecule has 0 aliphatic carbocycles. The normalized spacial score (nSPS) is 21.4. The minimum atomic E-state index is 0.00269. The first kappa shape index (κ1) is 16.3. The molecule has 1 heterocycles. The maximum Gasteiger partial charge on any atom is 0.260 e. The van der Waals surface area contributed by atoms with Crippen LogP contribution in [0.1, 0.15) is 13.8 Å². The van der Waals surface area contributed by atoms with Gasteiger partial charge in [-0.15, -0.1) is 0 Å². The van der Waals surface area contributed by atoms with Crippen molar-refractivity contribution in [2.24, 2.45) is 0 Å². The molecule has 23 heavy (non-hydrogen) atoms. The van der Waals surface area contributed by atoms with Crippen molar-refractivity contribution in [3.8, 4) is 5.75 Å². The van der Waals surface area contributed by atoms with Gasteiger partial charge in [0.25, 0.3) is 5.91 Å². The van der Waals surface area contributed by atoms with Crippen molar-refractivity contribution >= 4 is 32.6 Å². The van der Waals surface area contributed by atoms with Crippen LogP contribution in [-0.2, 0) is 9.53 Å². The molecule has 2 aromatic carbocycles. The largest absolute Gasteiger partial charge is 0.484 e. The fourth-order valence-electron chi connectivity index (χ4n) is 2.90. The number of ether oxygens (including phenoxy) is 2. The van der Waals surface area contributed by atoms with Crippen LogP contribution >= 0.6 is 15.9 Å². The van der Waals surface area contributed by atoms with E-state index in [2.05, 4.69) is 22.0 Å². The number of fused-ring (bicyclic) bond motifs is 1. The molecule has 0 unspecified atom stereocenters. The standard InChI is InChI=1S/C18H20BrNO3/c1-12-9-20(10-13(2)23-12)18(21)11-22-17-6-4-14-7-16(19)5-3-15(14)8-17/h3-8,12-13H,9-11H2,1-2H3/t12-,13-/m1/s1. The Hall–Kier alpha value is -1.59. The molecule has 4 nitrogen and oxygen atoms in total. The Balaban J connectivity index is 1.63. The first-order chi connectivity index (χ1) is 11.0. The van der Waals surface area contributed by atoms with E-state index in [-0.39, 0.29) is 24.7 Å². The summed E-state index contributed by atoms with van der Waals surface area (Å²) in [7, 11) is 0. The van der Waals surface area contributed by atoms with E-state index in [1.54, 1.807) is 0 Å². The highest BCUT2D eigenvalue weighted by atomic mass is 79.9. The second kappa shape index (κ2) is 6.89. The Labute approximate surface area is 144 Å². The first-order valence-electron chi connectivity index (χ1n) is 7.76. The van der Waals surface area contributed by atoms with Gasteiger partial charge in [0.2, 0.25) is 0 Å². The SMILES string of the molecule is C[C@@H]1CN(C(=O)COc2ccc3cc(Br)ccc3c2)C[C@@H](C)O1. The summed E-state index contributed by atoms with van der Waals surface area (Å²) in [5.41, 5.74) is 0. The van der Waals surface area contributed by atoms with Gasteiger partial charge in [0.15, 0.2) is 6.61 Å². The minimum Gasteiger partial charge on any atom is -0.484 e. The second-order valence-corrected chi connectivity index (χ2v) is 6.91. The van der Waals surface area contributed by atoms with E-state index in [1.807, 2.05) is 49.1 Å². The summed E-state index contributed by atoms with van der Waals surface area (Å²) in [5, 5.41) is 2.22. The Morgan fingerprint density at radius 1 is 1.17 bits per heavy atom. The third kappa shape index (κ3) is 4.03. The predicted molar refractivity (Wildman–Crippen MR) is 93.7 cm³/mol. The molecule has 2 aromatic rings. The molecular weight excluding hydrogens is 358 g/mol. The van der Waals surface area contributed by atoms with Crippen LogP contribution < -0.4 is 4.74 Å². The number of rotatable bonds is 3. The molecule has 0 saturated carbocycles. The zero-order chi connectivity index (χ0) is 16.4.